The maximum absolute atomic E-state index is 12.5. The van der Waals surface area contributed by atoms with Crippen LogP contribution in [0.5, 0.6) is 0 Å². The summed E-state index contributed by atoms with van der Waals surface area (Å²) >= 11 is 0. The zero-order valence-electron chi connectivity index (χ0n) is 19.5. The topological polar surface area (TPSA) is 117 Å². The van der Waals surface area contributed by atoms with Crippen molar-refractivity contribution in [1.29, 1.82) is 0 Å². The molecule has 2 aromatic heterocycles. The highest BCUT2D eigenvalue weighted by Crippen LogP contribution is 2.17. The Labute approximate surface area is 204 Å². The number of hydrogen-bond donors (Lipinski definition) is 3. The highest BCUT2D eigenvalue weighted by molar-refractivity contribution is 6.35. The Balaban J connectivity index is 0.000000454. The lowest BCUT2D eigenvalue weighted by molar-refractivity contribution is -0.192. The second-order valence-electron chi connectivity index (χ2n) is 8.23. The summed E-state index contributed by atoms with van der Waals surface area (Å²) in [5.41, 5.74) is 2.07. The molecule has 3 aromatic rings. The van der Waals surface area contributed by atoms with Crippen LogP contribution >= 0.6 is 0 Å². The highest BCUT2D eigenvalue weighted by atomic mass is 19.4. The van der Waals surface area contributed by atoms with E-state index in [0.29, 0.717) is 19.6 Å². The van der Waals surface area contributed by atoms with Crippen molar-refractivity contribution >= 4 is 34.5 Å². The summed E-state index contributed by atoms with van der Waals surface area (Å²) in [5, 5.41) is 14.4. The molecule has 0 bridgehead atoms. The predicted molar refractivity (Wildman–Crippen MR) is 126 cm³/mol. The van der Waals surface area contributed by atoms with Crippen molar-refractivity contribution in [1.82, 2.24) is 19.8 Å². The smallest absolute Gasteiger partial charge is 0.475 e. The fourth-order valence-electron chi connectivity index (χ4n) is 3.70. The van der Waals surface area contributed by atoms with E-state index in [1.54, 1.807) is 11.1 Å². The molecule has 3 N–H and O–H groups in total. The van der Waals surface area contributed by atoms with E-state index in [1.807, 2.05) is 60.3 Å². The van der Waals surface area contributed by atoms with Crippen molar-refractivity contribution in [2.45, 2.75) is 31.6 Å². The van der Waals surface area contributed by atoms with Gasteiger partial charge < -0.3 is 25.2 Å². The van der Waals surface area contributed by atoms with Crippen LogP contribution in [0.3, 0.4) is 0 Å². The lowest BCUT2D eigenvalue weighted by Gasteiger charge is -2.32. The quantitative estimate of drug-likeness (QED) is 0.470. The van der Waals surface area contributed by atoms with E-state index in [2.05, 4.69) is 15.6 Å². The Morgan fingerprint density at radius 2 is 1.81 bits per heavy atom. The number of rotatable bonds is 4. The van der Waals surface area contributed by atoms with Crippen LogP contribution < -0.4 is 10.6 Å². The van der Waals surface area contributed by atoms with E-state index in [0.717, 1.165) is 35.1 Å². The molecule has 1 aliphatic heterocycles. The number of halogens is 3. The van der Waals surface area contributed by atoms with Crippen molar-refractivity contribution in [3.63, 3.8) is 0 Å². The van der Waals surface area contributed by atoms with Gasteiger partial charge in [0.2, 0.25) is 0 Å². The van der Waals surface area contributed by atoms with E-state index in [9.17, 15) is 22.8 Å². The summed E-state index contributed by atoms with van der Waals surface area (Å²) in [6.07, 6.45) is 0.253. The number of benzene rings is 1. The number of carboxylic acid groups (broad SMARTS) is 1. The van der Waals surface area contributed by atoms with E-state index < -0.39 is 24.0 Å². The number of alkyl halides is 3. The summed E-state index contributed by atoms with van der Waals surface area (Å²) in [4.78, 5) is 39.6. The monoisotopic (exact) mass is 505 g/mol. The molecule has 1 saturated heterocycles. The number of carbonyl (C=O) groups excluding carboxylic acids is 2. The first kappa shape index (κ1) is 26.5. The molecule has 4 rings (SSSR count). The number of nitrogens with zero attached hydrogens (tertiary/aromatic N) is 3. The molecule has 192 valence electrons. The Morgan fingerprint density at radius 3 is 2.42 bits per heavy atom. The molecule has 12 heteroatoms. The molecule has 1 aliphatic rings. The van der Waals surface area contributed by atoms with E-state index in [-0.39, 0.29) is 6.04 Å². The van der Waals surface area contributed by atoms with Crippen molar-refractivity contribution < 1.29 is 32.7 Å². The van der Waals surface area contributed by atoms with Gasteiger partial charge in [-0.2, -0.15) is 13.2 Å². The number of aryl methyl sites for hydroxylation is 1. The molecule has 0 radical (unpaired) electrons. The van der Waals surface area contributed by atoms with Crippen LogP contribution in [0.2, 0.25) is 0 Å². The molecule has 0 atom stereocenters. The summed E-state index contributed by atoms with van der Waals surface area (Å²) in [6.45, 7) is 1.46. The second-order valence-corrected chi connectivity index (χ2v) is 8.23. The van der Waals surface area contributed by atoms with Gasteiger partial charge in [-0.15, -0.1) is 0 Å². The SMILES string of the molecule is Cn1ccc2ccc(CNC(=O)C(=O)N3CCC(Nc4ccccn4)CC3)cc21.O=C(O)C(F)(F)F. The van der Waals surface area contributed by atoms with Gasteiger partial charge in [-0.25, -0.2) is 9.78 Å². The molecule has 1 aromatic carbocycles. The molecule has 0 aliphatic carbocycles. The van der Waals surface area contributed by atoms with Crippen LogP contribution in [0, 0.1) is 0 Å². The summed E-state index contributed by atoms with van der Waals surface area (Å²) in [7, 11) is 1.99. The molecule has 0 spiro atoms. The summed E-state index contributed by atoms with van der Waals surface area (Å²) in [6, 6.07) is 14.1. The van der Waals surface area contributed by atoms with Crippen LogP contribution in [0.1, 0.15) is 18.4 Å². The zero-order valence-corrected chi connectivity index (χ0v) is 19.5. The minimum atomic E-state index is -5.08. The highest BCUT2D eigenvalue weighted by Gasteiger charge is 2.38. The van der Waals surface area contributed by atoms with Gasteiger partial charge in [-0.3, -0.25) is 9.59 Å². The van der Waals surface area contributed by atoms with Gasteiger partial charge in [0.15, 0.2) is 0 Å². The molecule has 36 heavy (non-hydrogen) atoms. The van der Waals surface area contributed by atoms with E-state index >= 15 is 0 Å². The van der Waals surface area contributed by atoms with Gasteiger partial charge in [0, 0.05) is 50.6 Å². The number of likely N-dealkylation sites (tertiary alicyclic amines) is 1. The first-order chi connectivity index (χ1) is 17.0. The van der Waals surface area contributed by atoms with Crippen molar-refractivity contribution in [3.05, 3.63) is 60.4 Å². The average molecular weight is 505 g/mol. The van der Waals surface area contributed by atoms with Crippen LogP contribution in [0.25, 0.3) is 10.9 Å². The fourth-order valence-corrected chi connectivity index (χ4v) is 3.70. The van der Waals surface area contributed by atoms with Crippen molar-refractivity contribution in [2.75, 3.05) is 18.4 Å². The second kappa shape index (κ2) is 11.6. The largest absolute Gasteiger partial charge is 0.490 e. The molecule has 0 unspecified atom stereocenters. The maximum atomic E-state index is 12.5. The summed E-state index contributed by atoms with van der Waals surface area (Å²) in [5.74, 6) is -2.92. The Hall–Kier alpha value is -4.09. The number of fused-ring (bicyclic) bond motifs is 1. The number of pyridine rings is 1. The van der Waals surface area contributed by atoms with Crippen LogP contribution in [-0.4, -0.2) is 62.6 Å². The summed E-state index contributed by atoms with van der Waals surface area (Å²) < 4.78 is 33.8. The van der Waals surface area contributed by atoms with Crippen LogP contribution in [0.4, 0.5) is 19.0 Å². The molecule has 1 fully saturated rings. The predicted octanol–water partition coefficient (Wildman–Crippen LogP) is 2.93. The van der Waals surface area contributed by atoms with Crippen LogP contribution in [-0.2, 0) is 28.0 Å². The number of nitrogens with one attached hydrogen (secondary N) is 2. The van der Waals surface area contributed by atoms with Gasteiger partial charge in [0.25, 0.3) is 0 Å². The first-order valence-electron chi connectivity index (χ1n) is 11.1. The van der Waals surface area contributed by atoms with Gasteiger partial charge >= 0.3 is 24.0 Å². The third kappa shape index (κ3) is 7.20. The standard InChI is InChI=1S/C22H25N5O2.C2HF3O2/c1-26-11-7-17-6-5-16(14-19(17)26)15-24-21(28)22(29)27-12-8-18(9-13-27)25-20-4-2-3-10-23-20;3-2(4,5)1(6)7/h2-7,10-11,14,18H,8-9,12-13,15H2,1H3,(H,23,25)(H,24,28);(H,6,7). The zero-order chi connectivity index (χ0) is 26.3. The van der Waals surface area contributed by atoms with E-state index in [1.165, 1.54) is 0 Å². The van der Waals surface area contributed by atoms with E-state index in [4.69, 9.17) is 9.90 Å². The number of carboxylic acids is 1. The number of anilines is 1. The Morgan fingerprint density at radius 1 is 1.11 bits per heavy atom. The normalized spacial score (nSPS) is 14.1. The minimum Gasteiger partial charge on any atom is -0.475 e. The molecular formula is C24H26F3N5O4. The molecule has 2 amide bonds. The molecular weight excluding hydrogens is 479 g/mol. The van der Waals surface area contributed by atoms with Gasteiger partial charge in [-0.05, 0) is 48.1 Å². The number of hydrogen-bond acceptors (Lipinski definition) is 5. The number of aliphatic carboxylic acids is 1. The van der Waals surface area contributed by atoms with Crippen molar-refractivity contribution in [3.8, 4) is 0 Å². The van der Waals surface area contributed by atoms with Gasteiger partial charge in [-0.1, -0.05) is 18.2 Å². The number of piperidine rings is 1. The third-order valence-corrected chi connectivity index (χ3v) is 5.64. The number of amides is 2. The van der Waals surface area contributed by atoms with Gasteiger partial charge in [0.05, 0.1) is 0 Å². The fraction of sp³-hybridized carbons (Fsp3) is 0.333. The Kier molecular flexibility index (Phi) is 8.51. The third-order valence-electron chi connectivity index (χ3n) is 5.64. The number of aromatic nitrogens is 2. The van der Waals surface area contributed by atoms with Crippen LogP contribution in [0.15, 0.2) is 54.9 Å². The lowest BCUT2D eigenvalue weighted by Crippen LogP contribution is -2.48. The molecule has 9 nitrogen and oxygen atoms in total. The van der Waals surface area contributed by atoms with Crippen molar-refractivity contribution in [2.24, 2.45) is 7.05 Å². The first-order valence-corrected chi connectivity index (χ1v) is 11.1. The molecule has 0 saturated carbocycles. The molecule has 3 heterocycles. The average Bonchev–Trinajstić information content (AvgIpc) is 3.23. The Bertz CT molecular complexity index is 1210. The minimum absolute atomic E-state index is 0.258. The maximum Gasteiger partial charge on any atom is 0.490 e. The van der Waals surface area contributed by atoms with Gasteiger partial charge in [0.1, 0.15) is 5.82 Å². The lowest BCUT2D eigenvalue weighted by atomic mass is 10.0. The number of carbonyl (C=O) groups is 3.